The molecule has 2 amide bonds. The van der Waals surface area contributed by atoms with E-state index in [0.29, 0.717) is 21.7 Å². The van der Waals surface area contributed by atoms with Crippen molar-refractivity contribution in [3.63, 3.8) is 0 Å². The van der Waals surface area contributed by atoms with E-state index in [1.54, 1.807) is 12.1 Å². The van der Waals surface area contributed by atoms with Crippen LogP contribution >= 0.6 is 23.3 Å². The van der Waals surface area contributed by atoms with Crippen LogP contribution in [0.25, 0.3) is 11.0 Å². The van der Waals surface area contributed by atoms with Crippen LogP contribution in [-0.2, 0) is 4.79 Å². The fourth-order valence-electron chi connectivity index (χ4n) is 1.55. The number of urea groups is 1. The first-order chi connectivity index (χ1) is 9.99. The van der Waals surface area contributed by atoms with Crippen molar-refractivity contribution in [2.45, 2.75) is 12.5 Å². The van der Waals surface area contributed by atoms with Gasteiger partial charge in [-0.05, 0) is 12.1 Å². The molecule has 0 radical (unpaired) electrons. The SMILES string of the molecule is O=C(NCCC(O)C(=O)O)Nc1c(Cl)ccc2nsnc12. The number of aliphatic hydroxyl groups is 1. The minimum atomic E-state index is -1.51. The predicted octanol–water partition coefficient (Wildman–Crippen LogP) is 1.30. The van der Waals surface area contributed by atoms with Crippen LogP contribution in [0.15, 0.2) is 12.1 Å². The van der Waals surface area contributed by atoms with E-state index >= 15 is 0 Å². The maximum atomic E-state index is 11.7. The molecule has 1 aromatic carbocycles. The van der Waals surface area contributed by atoms with E-state index in [1.807, 2.05) is 0 Å². The summed E-state index contributed by atoms with van der Waals surface area (Å²) in [6.45, 7) is 0.00219. The number of benzene rings is 1. The summed E-state index contributed by atoms with van der Waals surface area (Å²) in [5.41, 5.74) is 1.42. The minimum absolute atomic E-state index is 0.00219. The third-order valence-corrected chi connectivity index (χ3v) is 3.46. The number of carboxylic acid groups (broad SMARTS) is 1. The molecule has 112 valence electrons. The number of carbonyl (C=O) groups excluding carboxylic acids is 1. The molecule has 1 atom stereocenters. The molecule has 4 N–H and O–H groups in total. The van der Waals surface area contributed by atoms with Crippen LogP contribution in [0, 0.1) is 0 Å². The predicted molar refractivity (Wildman–Crippen MR) is 77.7 cm³/mol. The van der Waals surface area contributed by atoms with Crippen molar-refractivity contribution >= 4 is 52.1 Å². The Morgan fingerprint density at radius 1 is 1.38 bits per heavy atom. The van der Waals surface area contributed by atoms with Crippen LogP contribution in [0.3, 0.4) is 0 Å². The molecule has 1 heterocycles. The number of anilines is 1. The lowest BCUT2D eigenvalue weighted by molar-refractivity contribution is -0.146. The van der Waals surface area contributed by atoms with Crippen molar-refractivity contribution in [3.8, 4) is 0 Å². The Kier molecular flexibility index (Phi) is 4.89. The molecule has 0 saturated carbocycles. The van der Waals surface area contributed by atoms with Crippen molar-refractivity contribution in [2.75, 3.05) is 11.9 Å². The number of aromatic nitrogens is 2. The smallest absolute Gasteiger partial charge is 0.332 e. The molecular formula is C11H11ClN4O4S. The first-order valence-corrected chi connectivity index (χ1v) is 6.96. The van der Waals surface area contributed by atoms with Crippen LogP contribution in [-0.4, -0.2) is 43.6 Å². The summed E-state index contributed by atoms with van der Waals surface area (Å²) in [4.78, 5) is 22.1. The van der Waals surface area contributed by atoms with Crippen LogP contribution in [0.4, 0.5) is 10.5 Å². The van der Waals surface area contributed by atoms with Gasteiger partial charge in [0.15, 0.2) is 6.10 Å². The standard InChI is InChI=1S/C11H11ClN4O4S/c12-5-1-2-6-9(16-21-15-6)8(5)14-11(20)13-4-3-7(17)10(18)19/h1-2,7,17H,3-4H2,(H,18,19)(H2,13,14,20). The summed E-state index contributed by atoms with van der Waals surface area (Å²) < 4.78 is 8.08. The van der Waals surface area contributed by atoms with E-state index in [4.69, 9.17) is 21.8 Å². The molecule has 21 heavy (non-hydrogen) atoms. The van der Waals surface area contributed by atoms with Crippen LogP contribution in [0.1, 0.15) is 6.42 Å². The van der Waals surface area contributed by atoms with Gasteiger partial charge in [0, 0.05) is 13.0 Å². The number of aliphatic hydroxyl groups excluding tert-OH is 1. The summed E-state index contributed by atoms with van der Waals surface area (Å²) >= 11 is 7.01. The number of hydrogen-bond acceptors (Lipinski definition) is 6. The second kappa shape index (κ2) is 6.66. The molecule has 2 rings (SSSR count). The van der Waals surface area contributed by atoms with Gasteiger partial charge in [0.2, 0.25) is 0 Å². The summed E-state index contributed by atoms with van der Waals surface area (Å²) in [7, 11) is 0. The Hall–Kier alpha value is -1.97. The van der Waals surface area contributed by atoms with E-state index < -0.39 is 18.1 Å². The number of rotatable bonds is 5. The molecule has 1 unspecified atom stereocenters. The van der Waals surface area contributed by atoms with E-state index in [2.05, 4.69) is 19.4 Å². The van der Waals surface area contributed by atoms with E-state index in [-0.39, 0.29) is 13.0 Å². The molecule has 0 aliphatic heterocycles. The lowest BCUT2D eigenvalue weighted by Crippen LogP contribution is -2.33. The molecule has 0 spiro atoms. The summed E-state index contributed by atoms with van der Waals surface area (Å²) in [5, 5.41) is 22.9. The highest BCUT2D eigenvalue weighted by atomic mass is 35.5. The number of aliphatic carboxylic acids is 1. The Morgan fingerprint density at radius 2 is 2.14 bits per heavy atom. The van der Waals surface area contributed by atoms with Gasteiger partial charge in [-0.15, -0.1) is 0 Å². The molecule has 0 bridgehead atoms. The number of nitrogens with zero attached hydrogens (tertiary/aromatic N) is 2. The van der Waals surface area contributed by atoms with Gasteiger partial charge < -0.3 is 20.8 Å². The van der Waals surface area contributed by atoms with Gasteiger partial charge in [-0.25, -0.2) is 9.59 Å². The first kappa shape index (κ1) is 15.4. The van der Waals surface area contributed by atoms with Crippen LogP contribution < -0.4 is 10.6 Å². The normalized spacial score (nSPS) is 12.1. The van der Waals surface area contributed by atoms with Gasteiger partial charge in [-0.2, -0.15) is 8.75 Å². The van der Waals surface area contributed by atoms with Gasteiger partial charge in [-0.1, -0.05) is 11.6 Å². The molecule has 0 aliphatic carbocycles. The van der Waals surface area contributed by atoms with Gasteiger partial charge in [0.05, 0.1) is 22.4 Å². The average Bonchev–Trinajstić information content (AvgIpc) is 2.90. The second-order valence-corrected chi connectivity index (χ2v) is 5.01. The fourth-order valence-corrected chi connectivity index (χ4v) is 2.29. The van der Waals surface area contributed by atoms with Crippen molar-refractivity contribution in [2.24, 2.45) is 0 Å². The third-order valence-electron chi connectivity index (χ3n) is 2.60. The number of carbonyl (C=O) groups is 2. The Balaban J connectivity index is 1.97. The lowest BCUT2D eigenvalue weighted by atomic mass is 10.2. The van der Waals surface area contributed by atoms with Crippen molar-refractivity contribution < 1.29 is 19.8 Å². The van der Waals surface area contributed by atoms with Gasteiger partial charge >= 0.3 is 12.0 Å². The largest absolute Gasteiger partial charge is 0.479 e. The maximum absolute atomic E-state index is 11.7. The van der Waals surface area contributed by atoms with Crippen molar-refractivity contribution in [3.05, 3.63) is 17.2 Å². The van der Waals surface area contributed by atoms with E-state index in [1.165, 1.54) is 0 Å². The molecular weight excluding hydrogens is 320 g/mol. The highest BCUT2D eigenvalue weighted by molar-refractivity contribution is 7.00. The van der Waals surface area contributed by atoms with E-state index in [0.717, 1.165) is 11.7 Å². The Labute approximate surface area is 128 Å². The fraction of sp³-hybridized carbons (Fsp3) is 0.273. The number of halogens is 1. The quantitative estimate of drug-likeness (QED) is 0.655. The maximum Gasteiger partial charge on any atom is 0.332 e. The van der Waals surface area contributed by atoms with Crippen LogP contribution in [0.2, 0.25) is 5.02 Å². The topological polar surface area (TPSA) is 124 Å². The molecule has 10 heteroatoms. The lowest BCUT2D eigenvalue weighted by Gasteiger charge is -2.10. The van der Waals surface area contributed by atoms with Gasteiger partial charge in [-0.3, -0.25) is 0 Å². The molecule has 0 fully saturated rings. The first-order valence-electron chi connectivity index (χ1n) is 5.85. The number of hydrogen-bond donors (Lipinski definition) is 4. The zero-order chi connectivity index (χ0) is 15.4. The van der Waals surface area contributed by atoms with Gasteiger partial charge in [0.1, 0.15) is 11.0 Å². The molecule has 8 nitrogen and oxygen atoms in total. The number of fused-ring (bicyclic) bond motifs is 1. The summed E-state index contributed by atoms with van der Waals surface area (Å²) in [5.74, 6) is -1.33. The van der Waals surface area contributed by atoms with Gasteiger partial charge in [0.25, 0.3) is 0 Å². The second-order valence-electron chi connectivity index (χ2n) is 4.08. The number of carboxylic acids is 1. The molecule has 0 aliphatic rings. The van der Waals surface area contributed by atoms with Crippen molar-refractivity contribution in [1.82, 2.24) is 14.1 Å². The molecule has 2 aromatic rings. The van der Waals surface area contributed by atoms with E-state index in [9.17, 15) is 9.59 Å². The third kappa shape index (κ3) is 3.78. The Morgan fingerprint density at radius 3 is 2.86 bits per heavy atom. The number of nitrogens with one attached hydrogen (secondary N) is 2. The molecule has 0 saturated heterocycles. The highest BCUT2D eigenvalue weighted by Gasteiger charge is 2.15. The number of amides is 2. The minimum Gasteiger partial charge on any atom is -0.479 e. The zero-order valence-electron chi connectivity index (χ0n) is 10.5. The Bertz CT molecular complexity index is 677. The summed E-state index contributed by atoms with van der Waals surface area (Å²) in [6, 6.07) is 2.71. The zero-order valence-corrected chi connectivity index (χ0v) is 12.1. The highest BCUT2D eigenvalue weighted by Crippen LogP contribution is 2.29. The molecule has 1 aromatic heterocycles. The monoisotopic (exact) mass is 330 g/mol. The van der Waals surface area contributed by atoms with Crippen molar-refractivity contribution in [1.29, 1.82) is 0 Å². The average molecular weight is 331 g/mol. The van der Waals surface area contributed by atoms with Crippen LogP contribution in [0.5, 0.6) is 0 Å². The summed E-state index contributed by atoms with van der Waals surface area (Å²) in [6.07, 6.45) is -1.61.